The molecule has 0 spiro atoms. The lowest BCUT2D eigenvalue weighted by Gasteiger charge is -2.14. The summed E-state index contributed by atoms with van der Waals surface area (Å²) in [5, 5.41) is 1.39. The minimum absolute atomic E-state index is 0.141. The van der Waals surface area contributed by atoms with Crippen molar-refractivity contribution in [3.8, 4) is 0 Å². The molecular formula is C25H23ClN2O2S. The van der Waals surface area contributed by atoms with Gasteiger partial charge in [-0.1, -0.05) is 54.1 Å². The number of benzene rings is 2. The van der Waals surface area contributed by atoms with E-state index in [4.69, 9.17) is 11.6 Å². The fourth-order valence-electron chi connectivity index (χ4n) is 4.46. The molecule has 0 unspecified atom stereocenters. The van der Waals surface area contributed by atoms with E-state index in [9.17, 15) is 9.59 Å². The number of hydrogen-bond acceptors (Lipinski definition) is 3. The van der Waals surface area contributed by atoms with Crippen LogP contribution in [0.25, 0.3) is 10.2 Å². The van der Waals surface area contributed by atoms with Gasteiger partial charge in [0.1, 0.15) is 4.83 Å². The Hall–Kier alpha value is -2.63. The van der Waals surface area contributed by atoms with Crippen LogP contribution in [0.5, 0.6) is 0 Å². The summed E-state index contributed by atoms with van der Waals surface area (Å²) in [6, 6.07) is 17.6. The molecule has 6 heteroatoms. The first-order chi connectivity index (χ1) is 15.1. The van der Waals surface area contributed by atoms with Gasteiger partial charge in [0.05, 0.1) is 11.9 Å². The van der Waals surface area contributed by atoms with Gasteiger partial charge in [-0.15, -0.1) is 11.3 Å². The minimum atomic E-state index is -0.244. The highest BCUT2D eigenvalue weighted by molar-refractivity contribution is 7.18. The third-order valence-corrected chi connectivity index (χ3v) is 7.57. The molecule has 0 radical (unpaired) electrons. The fraction of sp³-hybridized carbons (Fsp3) is 0.280. The molecule has 4 nitrogen and oxygen atoms in total. The lowest BCUT2D eigenvalue weighted by molar-refractivity contribution is 0.590. The molecule has 0 aliphatic heterocycles. The molecule has 0 amide bonds. The lowest BCUT2D eigenvalue weighted by atomic mass is 9.97. The SMILES string of the molecule is O=c1c2c3c(sc2n(Cc2cccc(Cl)c2)c(=O)n1CCc1ccccc1)CCCC3. The van der Waals surface area contributed by atoms with Gasteiger partial charge in [-0.05, 0) is 60.9 Å². The molecule has 1 aliphatic carbocycles. The highest BCUT2D eigenvalue weighted by Crippen LogP contribution is 2.34. The van der Waals surface area contributed by atoms with E-state index in [1.807, 2.05) is 54.6 Å². The lowest BCUT2D eigenvalue weighted by Crippen LogP contribution is -2.40. The molecule has 0 bridgehead atoms. The molecule has 2 aromatic carbocycles. The zero-order valence-corrected chi connectivity index (χ0v) is 18.7. The van der Waals surface area contributed by atoms with Gasteiger partial charge in [0.25, 0.3) is 5.56 Å². The standard InChI is InChI=1S/C25H23ClN2O2S/c26-19-10-6-9-18(15-19)16-28-24-22(20-11-4-5-12-21(20)31-24)23(29)27(25(28)30)14-13-17-7-2-1-3-8-17/h1-3,6-10,15H,4-5,11-14,16H2. The summed E-state index contributed by atoms with van der Waals surface area (Å²) >= 11 is 7.80. The Balaban J connectivity index is 1.67. The summed E-state index contributed by atoms with van der Waals surface area (Å²) in [6.07, 6.45) is 4.78. The summed E-state index contributed by atoms with van der Waals surface area (Å²) in [5.41, 5.74) is 2.84. The quantitative estimate of drug-likeness (QED) is 0.427. The van der Waals surface area contributed by atoms with Gasteiger partial charge in [0.2, 0.25) is 0 Å². The predicted molar refractivity (Wildman–Crippen MR) is 128 cm³/mol. The summed E-state index contributed by atoms with van der Waals surface area (Å²) in [6.45, 7) is 0.776. The van der Waals surface area contributed by atoms with Crippen LogP contribution in [-0.4, -0.2) is 9.13 Å². The first kappa shape index (κ1) is 20.3. The zero-order chi connectivity index (χ0) is 21.4. The average molecular weight is 451 g/mol. The van der Waals surface area contributed by atoms with E-state index in [0.717, 1.165) is 52.6 Å². The van der Waals surface area contributed by atoms with Gasteiger partial charge in [-0.25, -0.2) is 4.79 Å². The number of nitrogens with zero attached hydrogens (tertiary/aromatic N) is 2. The molecule has 31 heavy (non-hydrogen) atoms. The second-order valence-electron chi connectivity index (χ2n) is 8.08. The number of halogens is 1. The van der Waals surface area contributed by atoms with Crippen molar-refractivity contribution in [3.05, 3.63) is 102 Å². The maximum absolute atomic E-state index is 13.5. The number of rotatable bonds is 5. The largest absolute Gasteiger partial charge is 0.332 e. The Morgan fingerprint density at radius 3 is 2.48 bits per heavy atom. The van der Waals surface area contributed by atoms with Gasteiger partial charge in [0, 0.05) is 16.4 Å². The monoisotopic (exact) mass is 450 g/mol. The van der Waals surface area contributed by atoms with Crippen LogP contribution in [0.2, 0.25) is 5.02 Å². The average Bonchev–Trinajstić information content (AvgIpc) is 3.17. The first-order valence-electron chi connectivity index (χ1n) is 10.7. The van der Waals surface area contributed by atoms with E-state index in [1.165, 1.54) is 9.44 Å². The third kappa shape index (κ3) is 3.88. The molecule has 0 fully saturated rings. The van der Waals surface area contributed by atoms with Crippen LogP contribution < -0.4 is 11.2 Å². The maximum atomic E-state index is 13.5. The van der Waals surface area contributed by atoms with Crippen molar-refractivity contribution < 1.29 is 0 Å². The Morgan fingerprint density at radius 1 is 0.903 bits per heavy atom. The van der Waals surface area contributed by atoms with Crippen molar-refractivity contribution in [3.63, 3.8) is 0 Å². The van der Waals surface area contributed by atoms with Crippen LogP contribution >= 0.6 is 22.9 Å². The molecule has 1 aliphatic rings. The van der Waals surface area contributed by atoms with Crippen LogP contribution in [0.1, 0.15) is 34.4 Å². The van der Waals surface area contributed by atoms with Crippen molar-refractivity contribution >= 4 is 33.2 Å². The number of aryl methyl sites for hydroxylation is 3. The number of fused-ring (bicyclic) bond motifs is 3. The normalized spacial score (nSPS) is 13.5. The van der Waals surface area contributed by atoms with Crippen LogP contribution in [0.4, 0.5) is 0 Å². The van der Waals surface area contributed by atoms with E-state index < -0.39 is 0 Å². The number of hydrogen-bond donors (Lipinski definition) is 0. The van der Waals surface area contributed by atoms with Crippen LogP contribution in [0.3, 0.4) is 0 Å². The third-order valence-electron chi connectivity index (χ3n) is 6.02. The minimum Gasteiger partial charge on any atom is -0.280 e. The van der Waals surface area contributed by atoms with E-state index in [0.29, 0.717) is 24.5 Å². The van der Waals surface area contributed by atoms with Crippen molar-refractivity contribution in [1.82, 2.24) is 9.13 Å². The van der Waals surface area contributed by atoms with E-state index in [-0.39, 0.29) is 11.2 Å². The maximum Gasteiger partial charge on any atom is 0.332 e. The highest BCUT2D eigenvalue weighted by Gasteiger charge is 2.23. The van der Waals surface area contributed by atoms with Crippen LogP contribution in [-0.2, 0) is 32.4 Å². The number of aromatic nitrogens is 2. The molecule has 0 N–H and O–H groups in total. The van der Waals surface area contributed by atoms with E-state index in [1.54, 1.807) is 15.9 Å². The highest BCUT2D eigenvalue weighted by atomic mass is 35.5. The molecule has 2 heterocycles. The Kier molecular flexibility index (Phi) is 5.55. The van der Waals surface area contributed by atoms with Crippen molar-refractivity contribution in [2.75, 3.05) is 0 Å². The van der Waals surface area contributed by atoms with Crippen molar-refractivity contribution in [1.29, 1.82) is 0 Å². The number of thiophene rings is 1. The Bertz CT molecular complexity index is 1370. The van der Waals surface area contributed by atoms with E-state index >= 15 is 0 Å². The second kappa shape index (κ2) is 8.48. The summed E-state index contributed by atoms with van der Waals surface area (Å²) in [7, 11) is 0. The van der Waals surface area contributed by atoms with E-state index in [2.05, 4.69) is 0 Å². The van der Waals surface area contributed by atoms with Gasteiger partial charge in [-0.3, -0.25) is 13.9 Å². The summed E-state index contributed by atoms with van der Waals surface area (Å²) in [4.78, 5) is 29.1. The van der Waals surface area contributed by atoms with Gasteiger partial charge in [-0.2, -0.15) is 0 Å². The smallest absolute Gasteiger partial charge is 0.280 e. The van der Waals surface area contributed by atoms with Gasteiger partial charge >= 0.3 is 5.69 Å². The van der Waals surface area contributed by atoms with Crippen LogP contribution in [0, 0.1) is 0 Å². The molecular weight excluding hydrogens is 428 g/mol. The molecule has 0 saturated heterocycles. The molecule has 4 aromatic rings. The molecule has 158 valence electrons. The molecule has 0 saturated carbocycles. The second-order valence-corrected chi connectivity index (χ2v) is 9.60. The van der Waals surface area contributed by atoms with Gasteiger partial charge in [0.15, 0.2) is 0 Å². The Labute approximate surface area is 189 Å². The zero-order valence-electron chi connectivity index (χ0n) is 17.1. The molecule has 5 rings (SSSR count). The van der Waals surface area contributed by atoms with Crippen molar-refractivity contribution in [2.45, 2.75) is 45.2 Å². The van der Waals surface area contributed by atoms with Crippen molar-refractivity contribution in [2.24, 2.45) is 0 Å². The van der Waals surface area contributed by atoms with Gasteiger partial charge < -0.3 is 0 Å². The predicted octanol–water partition coefficient (Wildman–Crippen LogP) is 5.05. The topological polar surface area (TPSA) is 44.0 Å². The Morgan fingerprint density at radius 2 is 1.68 bits per heavy atom. The summed E-state index contributed by atoms with van der Waals surface area (Å²) in [5.74, 6) is 0. The fourth-order valence-corrected chi connectivity index (χ4v) is 6.04. The molecule has 2 aromatic heterocycles. The summed E-state index contributed by atoms with van der Waals surface area (Å²) < 4.78 is 3.21. The van der Waals surface area contributed by atoms with Crippen LogP contribution in [0.15, 0.2) is 64.2 Å². The molecule has 0 atom stereocenters. The first-order valence-corrected chi connectivity index (χ1v) is 11.9.